The SMILES string of the molecule is COc1cc(C(=O)OC(C)C(=O)NCC(=O)Nc2ccc(F)c(F)c2F)ccc1C. The largest absolute Gasteiger partial charge is 0.496 e. The van der Waals surface area contributed by atoms with Crippen molar-refractivity contribution in [1.82, 2.24) is 5.32 Å². The van der Waals surface area contributed by atoms with Crippen LogP contribution in [0.5, 0.6) is 5.75 Å². The number of methoxy groups -OCH3 is 1. The minimum absolute atomic E-state index is 0.170. The highest BCUT2D eigenvalue weighted by Gasteiger charge is 2.21. The molecule has 1 atom stereocenters. The second kappa shape index (κ2) is 9.77. The summed E-state index contributed by atoms with van der Waals surface area (Å²) in [6, 6.07) is 6.12. The molecule has 0 saturated carbocycles. The fraction of sp³-hybridized carbons (Fsp3) is 0.250. The van der Waals surface area contributed by atoms with Crippen molar-refractivity contribution in [2.45, 2.75) is 20.0 Å². The number of halogens is 3. The number of nitrogens with one attached hydrogen (secondary N) is 2. The van der Waals surface area contributed by atoms with Crippen molar-refractivity contribution in [1.29, 1.82) is 0 Å². The summed E-state index contributed by atoms with van der Waals surface area (Å²) in [7, 11) is 1.45. The number of hydrogen-bond acceptors (Lipinski definition) is 5. The van der Waals surface area contributed by atoms with Crippen LogP contribution in [-0.4, -0.2) is 37.5 Å². The van der Waals surface area contributed by atoms with Gasteiger partial charge in [-0.3, -0.25) is 9.59 Å². The normalized spacial score (nSPS) is 11.4. The van der Waals surface area contributed by atoms with Crippen LogP contribution in [0.1, 0.15) is 22.8 Å². The van der Waals surface area contributed by atoms with E-state index < -0.39 is 53.6 Å². The Hall–Kier alpha value is -3.56. The lowest BCUT2D eigenvalue weighted by molar-refractivity contribution is -0.130. The third-order valence-electron chi connectivity index (χ3n) is 4.03. The molecule has 0 aliphatic rings. The van der Waals surface area contributed by atoms with E-state index in [1.165, 1.54) is 26.2 Å². The van der Waals surface area contributed by atoms with Crippen molar-refractivity contribution >= 4 is 23.5 Å². The predicted octanol–water partition coefficient (Wildman–Crippen LogP) is 2.72. The van der Waals surface area contributed by atoms with Gasteiger partial charge in [-0.2, -0.15) is 0 Å². The van der Waals surface area contributed by atoms with Gasteiger partial charge in [0.05, 0.1) is 24.9 Å². The highest BCUT2D eigenvalue weighted by Crippen LogP contribution is 2.20. The average molecular weight is 424 g/mol. The van der Waals surface area contributed by atoms with Crippen LogP contribution in [-0.2, 0) is 14.3 Å². The van der Waals surface area contributed by atoms with Crippen LogP contribution < -0.4 is 15.4 Å². The zero-order valence-corrected chi connectivity index (χ0v) is 16.3. The Balaban J connectivity index is 1.89. The standard InChI is InChI=1S/C20H19F3N2O5/c1-10-4-5-12(8-15(10)29-3)20(28)30-11(2)19(27)24-9-16(26)25-14-7-6-13(21)17(22)18(14)23/h4-8,11H,9H2,1-3H3,(H,24,27)(H,25,26). The molecule has 0 bridgehead atoms. The molecule has 0 radical (unpaired) electrons. The van der Waals surface area contributed by atoms with Crippen LogP contribution in [0, 0.1) is 24.4 Å². The summed E-state index contributed by atoms with van der Waals surface area (Å²) < 4.78 is 49.8. The van der Waals surface area contributed by atoms with Gasteiger partial charge in [-0.25, -0.2) is 18.0 Å². The summed E-state index contributed by atoms with van der Waals surface area (Å²) in [5.41, 5.74) is 0.396. The summed E-state index contributed by atoms with van der Waals surface area (Å²) >= 11 is 0. The number of carbonyl (C=O) groups is 3. The summed E-state index contributed by atoms with van der Waals surface area (Å²) in [6.07, 6.45) is -1.24. The van der Waals surface area contributed by atoms with Crippen molar-refractivity contribution in [2.75, 3.05) is 19.0 Å². The van der Waals surface area contributed by atoms with Crippen molar-refractivity contribution in [3.8, 4) is 5.75 Å². The minimum atomic E-state index is -1.73. The molecule has 1 unspecified atom stereocenters. The molecule has 0 spiro atoms. The highest BCUT2D eigenvalue weighted by atomic mass is 19.2. The van der Waals surface area contributed by atoms with Crippen molar-refractivity contribution in [2.24, 2.45) is 0 Å². The fourth-order valence-electron chi connectivity index (χ4n) is 2.36. The Morgan fingerprint density at radius 2 is 1.77 bits per heavy atom. The number of hydrogen-bond donors (Lipinski definition) is 2. The first-order chi connectivity index (χ1) is 14.1. The zero-order valence-electron chi connectivity index (χ0n) is 16.3. The van der Waals surface area contributed by atoms with Gasteiger partial charge >= 0.3 is 5.97 Å². The topological polar surface area (TPSA) is 93.7 Å². The number of anilines is 1. The second-order valence-electron chi connectivity index (χ2n) is 6.22. The van der Waals surface area contributed by atoms with E-state index in [2.05, 4.69) is 5.32 Å². The minimum Gasteiger partial charge on any atom is -0.496 e. The van der Waals surface area contributed by atoms with Gasteiger partial charge < -0.3 is 20.1 Å². The van der Waals surface area contributed by atoms with Crippen molar-refractivity contribution in [3.63, 3.8) is 0 Å². The molecule has 10 heteroatoms. The Morgan fingerprint density at radius 1 is 1.07 bits per heavy atom. The van der Waals surface area contributed by atoms with E-state index in [0.29, 0.717) is 11.8 Å². The molecule has 160 valence electrons. The van der Waals surface area contributed by atoms with Gasteiger partial charge in [-0.1, -0.05) is 6.07 Å². The number of carbonyl (C=O) groups excluding carboxylic acids is 3. The van der Waals surface area contributed by atoms with Crippen LogP contribution in [0.25, 0.3) is 0 Å². The van der Waals surface area contributed by atoms with Gasteiger partial charge in [0.15, 0.2) is 23.6 Å². The second-order valence-corrected chi connectivity index (χ2v) is 6.22. The summed E-state index contributed by atoms with van der Waals surface area (Å²) in [4.78, 5) is 36.0. The predicted molar refractivity (Wildman–Crippen MR) is 101 cm³/mol. The molecule has 2 rings (SSSR count). The Labute approximate surface area is 170 Å². The number of aryl methyl sites for hydroxylation is 1. The van der Waals surface area contributed by atoms with E-state index in [-0.39, 0.29) is 5.56 Å². The number of ether oxygens (including phenoxy) is 2. The van der Waals surface area contributed by atoms with E-state index >= 15 is 0 Å². The van der Waals surface area contributed by atoms with E-state index in [9.17, 15) is 27.6 Å². The Kier molecular flexibility index (Phi) is 7.40. The number of amides is 2. The number of benzene rings is 2. The quantitative estimate of drug-likeness (QED) is 0.527. The fourth-order valence-corrected chi connectivity index (χ4v) is 2.36. The van der Waals surface area contributed by atoms with E-state index in [4.69, 9.17) is 9.47 Å². The average Bonchev–Trinajstić information content (AvgIpc) is 2.72. The molecule has 2 N–H and O–H groups in total. The molecular weight excluding hydrogens is 405 g/mol. The summed E-state index contributed by atoms with van der Waals surface area (Å²) in [5.74, 6) is -6.68. The monoisotopic (exact) mass is 424 g/mol. The molecule has 2 amide bonds. The molecule has 0 heterocycles. The molecule has 30 heavy (non-hydrogen) atoms. The molecule has 0 aliphatic carbocycles. The summed E-state index contributed by atoms with van der Waals surface area (Å²) in [6.45, 7) is 2.48. The van der Waals surface area contributed by atoms with Crippen LogP contribution in [0.15, 0.2) is 30.3 Å². The van der Waals surface area contributed by atoms with Crippen LogP contribution >= 0.6 is 0 Å². The molecule has 0 aromatic heterocycles. The van der Waals surface area contributed by atoms with E-state index in [1.807, 2.05) is 5.32 Å². The van der Waals surface area contributed by atoms with Crippen LogP contribution in [0.3, 0.4) is 0 Å². The van der Waals surface area contributed by atoms with Gasteiger partial charge in [0, 0.05) is 0 Å². The van der Waals surface area contributed by atoms with Crippen LogP contribution in [0.4, 0.5) is 18.9 Å². The van der Waals surface area contributed by atoms with Gasteiger partial charge in [0.2, 0.25) is 5.91 Å². The molecule has 2 aromatic carbocycles. The molecule has 7 nitrogen and oxygen atoms in total. The molecule has 0 fully saturated rings. The summed E-state index contributed by atoms with van der Waals surface area (Å²) in [5, 5.41) is 4.19. The maximum atomic E-state index is 13.6. The number of rotatable bonds is 7. The van der Waals surface area contributed by atoms with Gasteiger partial charge in [-0.05, 0) is 43.7 Å². The first kappa shape index (κ1) is 22.7. The maximum absolute atomic E-state index is 13.6. The smallest absolute Gasteiger partial charge is 0.339 e. The molecule has 0 saturated heterocycles. The molecule has 0 aliphatic heterocycles. The van der Waals surface area contributed by atoms with Gasteiger partial charge in [-0.15, -0.1) is 0 Å². The third-order valence-corrected chi connectivity index (χ3v) is 4.03. The lowest BCUT2D eigenvalue weighted by Gasteiger charge is -2.14. The van der Waals surface area contributed by atoms with E-state index in [0.717, 1.165) is 11.6 Å². The van der Waals surface area contributed by atoms with E-state index in [1.54, 1.807) is 13.0 Å². The third kappa shape index (κ3) is 5.49. The van der Waals surface area contributed by atoms with Crippen LogP contribution in [0.2, 0.25) is 0 Å². The molecular formula is C20H19F3N2O5. The first-order valence-electron chi connectivity index (χ1n) is 8.70. The zero-order chi connectivity index (χ0) is 22.4. The lowest BCUT2D eigenvalue weighted by Crippen LogP contribution is -2.40. The van der Waals surface area contributed by atoms with Gasteiger partial charge in [0.25, 0.3) is 5.91 Å². The van der Waals surface area contributed by atoms with Gasteiger partial charge in [0.1, 0.15) is 5.75 Å². The molecule has 2 aromatic rings. The van der Waals surface area contributed by atoms with Crippen molar-refractivity contribution in [3.05, 3.63) is 58.9 Å². The Morgan fingerprint density at radius 3 is 2.43 bits per heavy atom. The Bertz CT molecular complexity index is 981. The maximum Gasteiger partial charge on any atom is 0.339 e. The number of esters is 1. The lowest BCUT2D eigenvalue weighted by atomic mass is 10.1. The highest BCUT2D eigenvalue weighted by molar-refractivity contribution is 5.96. The van der Waals surface area contributed by atoms with Crippen molar-refractivity contribution < 1.29 is 37.0 Å². The first-order valence-corrected chi connectivity index (χ1v) is 8.70.